The van der Waals surface area contributed by atoms with E-state index in [1.807, 2.05) is 6.92 Å². The number of aryl methyl sites for hydroxylation is 1. The second-order valence-electron chi connectivity index (χ2n) is 3.98. The van der Waals surface area contributed by atoms with Crippen molar-refractivity contribution in [3.05, 3.63) is 35.1 Å². The quantitative estimate of drug-likeness (QED) is 0.668. The van der Waals surface area contributed by atoms with E-state index < -0.39 is 0 Å². The molecule has 0 saturated heterocycles. The molecule has 0 bridgehead atoms. The summed E-state index contributed by atoms with van der Waals surface area (Å²) in [5.41, 5.74) is 2.10. The van der Waals surface area contributed by atoms with Crippen LogP contribution in [0, 0.1) is 12.7 Å². The molecule has 2 rings (SSSR count). The number of ketones is 1. The zero-order valence-corrected chi connectivity index (χ0v) is 8.22. The second-order valence-corrected chi connectivity index (χ2v) is 3.98. The van der Waals surface area contributed by atoms with Crippen molar-refractivity contribution in [2.45, 2.75) is 32.1 Å². The van der Waals surface area contributed by atoms with Gasteiger partial charge >= 0.3 is 0 Å². The fraction of sp³-hybridized carbons (Fsp3) is 0.417. The Kier molecular flexibility index (Phi) is 2.36. The standard InChI is InChI=1S/C12H13FO/c1-8-2-4-10(13)7-12(8)9-3-5-11(14)6-9/h2,4,7,9H,3,5-6H2,1H3. The number of benzene rings is 1. The molecule has 1 fully saturated rings. The highest BCUT2D eigenvalue weighted by Gasteiger charge is 2.24. The average Bonchev–Trinajstić information content (AvgIpc) is 2.56. The molecule has 1 nitrogen and oxygen atoms in total. The maximum atomic E-state index is 13.0. The molecule has 0 amide bonds. The highest BCUT2D eigenvalue weighted by Crippen LogP contribution is 2.33. The van der Waals surface area contributed by atoms with Crippen LogP contribution in [0.15, 0.2) is 18.2 Å². The van der Waals surface area contributed by atoms with Gasteiger partial charge in [-0.25, -0.2) is 4.39 Å². The van der Waals surface area contributed by atoms with Crippen LogP contribution in [0.1, 0.15) is 36.3 Å². The van der Waals surface area contributed by atoms with Gasteiger partial charge in [-0.2, -0.15) is 0 Å². The van der Waals surface area contributed by atoms with Gasteiger partial charge in [-0.1, -0.05) is 6.07 Å². The van der Waals surface area contributed by atoms with Crippen molar-refractivity contribution in [1.29, 1.82) is 0 Å². The third-order valence-corrected chi connectivity index (χ3v) is 2.93. The third kappa shape index (κ3) is 1.69. The molecular formula is C12H13FO. The van der Waals surface area contributed by atoms with E-state index in [-0.39, 0.29) is 11.7 Å². The fourth-order valence-electron chi connectivity index (χ4n) is 2.13. The number of rotatable bonds is 1. The largest absolute Gasteiger partial charge is 0.300 e. The maximum absolute atomic E-state index is 13.0. The van der Waals surface area contributed by atoms with E-state index in [9.17, 15) is 9.18 Å². The average molecular weight is 192 g/mol. The fourth-order valence-corrected chi connectivity index (χ4v) is 2.13. The Hall–Kier alpha value is -1.18. The van der Waals surface area contributed by atoms with Crippen LogP contribution in [0.3, 0.4) is 0 Å². The predicted molar refractivity (Wildman–Crippen MR) is 52.7 cm³/mol. The van der Waals surface area contributed by atoms with Gasteiger partial charge < -0.3 is 0 Å². The summed E-state index contributed by atoms with van der Waals surface area (Å²) in [5.74, 6) is 0.349. The molecule has 0 aromatic heterocycles. The SMILES string of the molecule is Cc1ccc(F)cc1C1CCC(=O)C1. The molecule has 1 saturated carbocycles. The zero-order chi connectivity index (χ0) is 10.1. The second kappa shape index (κ2) is 3.52. The highest BCUT2D eigenvalue weighted by atomic mass is 19.1. The molecule has 1 atom stereocenters. The molecular weight excluding hydrogens is 179 g/mol. The lowest BCUT2D eigenvalue weighted by Crippen LogP contribution is -1.98. The third-order valence-electron chi connectivity index (χ3n) is 2.93. The topological polar surface area (TPSA) is 17.1 Å². The van der Waals surface area contributed by atoms with Gasteiger partial charge in [0.2, 0.25) is 0 Å². The normalized spacial score (nSPS) is 21.6. The van der Waals surface area contributed by atoms with E-state index in [0.29, 0.717) is 18.6 Å². The van der Waals surface area contributed by atoms with Crippen LogP contribution in [-0.4, -0.2) is 5.78 Å². The van der Waals surface area contributed by atoms with Crippen molar-refractivity contribution in [3.63, 3.8) is 0 Å². The Morgan fingerprint density at radius 1 is 1.43 bits per heavy atom. The minimum atomic E-state index is -0.204. The molecule has 0 spiro atoms. The molecule has 1 aromatic rings. The molecule has 0 radical (unpaired) electrons. The van der Waals surface area contributed by atoms with Crippen molar-refractivity contribution < 1.29 is 9.18 Å². The van der Waals surface area contributed by atoms with Crippen molar-refractivity contribution in [2.75, 3.05) is 0 Å². The first-order valence-corrected chi connectivity index (χ1v) is 4.94. The van der Waals surface area contributed by atoms with Gasteiger partial charge in [0.05, 0.1) is 0 Å². The number of hydrogen-bond acceptors (Lipinski definition) is 1. The van der Waals surface area contributed by atoms with Gasteiger partial charge in [0.1, 0.15) is 11.6 Å². The van der Waals surface area contributed by atoms with Crippen molar-refractivity contribution >= 4 is 5.78 Å². The Morgan fingerprint density at radius 2 is 2.21 bits per heavy atom. The Morgan fingerprint density at radius 3 is 2.86 bits per heavy atom. The molecule has 2 heteroatoms. The summed E-state index contributed by atoms with van der Waals surface area (Å²) in [6.45, 7) is 1.97. The Labute approximate surface area is 82.9 Å². The summed E-state index contributed by atoms with van der Waals surface area (Å²) in [6.07, 6.45) is 2.12. The summed E-state index contributed by atoms with van der Waals surface area (Å²) < 4.78 is 13.0. The highest BCUT2D eigenvalue weighted by molar-refractivity contribution is 5.81. The number of carbonyl (C=O) groups excluding carboxylic acids is 1. The van der Waals surface area contributed by atoms with E-state index >= 15 is 0 Å². The summed E-state index contributed by atoms with van der Waals surface area (Å²) >= 11 is 0. The van der Waals surface area contributed by atoms with E-state index in [0.717, 1.165) is 17.5 Å². The van der Waals surface area contributed by atoms with Crippen LogP contribution in [-0.2, 0) is 4.79 Å². The summed E-state index contributed by atoms with van der Waals surface area (Å²) in [7, 11) is 0. The van der Waals surface area contributed by atoms with Crippen LogP contribution in [0.2, 0.25) is 0 Å². The molecule has 1 aliphatic carbocycles. The van der Waals surface area contributed by atoms with Crippen molar-refractivity contribution in [1.82, 2.24) is 0 Å². The molecule has 1 aromatic carbocycles. The van der Waals surface area contributed by atoms with Gasteiger partial charge in [0, 0.05) is 12.8 Å². The van der Waals surface area contributed by atoms with Crippen LogP contribution < -0.4 is 0 Å². The first-order chi connectivity index (χ1) is 6.66. The van der Waals surface area contributed by atoms with Crippen molar-refractivity contribution in [2.24, 2.45) is 0 Å². The molecule has 0 heterocycles. The number of halogens is 1. The van der Waals surface area contributed by atoms with Gasteiger partial charge in [0.25, 0.3) is 0 Å². The van der Waals surface area contributed by atoms with Crippen molar-refractivity contribution in [3.8, 4) is 0 Å². The smallest absolute Gasteiger partial charge is 0.133 e. The first kappa shape index (κ1) is 9.38. The van der Waals surface area contributed by atoms with Gasteiger partial charge in [-0.3, -0.25) is 4.79 Å². The molecule has 1 unspecified atom stereocenters. The van der Waals surface area contributed by atoms with E-state index in [4.69, 9.17) is 0 Å². The molecule has 14 heavy (non-hydrogen) atoms. The number of hydrogen-bond donors (Lipinski definition) is 0. The van der Waals surface area contributed by atoms with Crippen LogP contribution in [0.5, 0.6) is 0 Å². The number of carbonyl (C=O) groups is 1. The van der Waals surface area contributed by atoms with Gasteiger partial charge in [-0.05, 0) is 42.5 Å². The summed E-state index contributed by atoms with van der Waals surface area (Å²) in [4.78, 5) is 11.1. The molecule has 0 N–H and O–H groups in total. The molecule has 74 valence electrons. The number of Topliss-reactive ketones (excluding diaryl/α,β-unsaturated/α-hetero) is 1. The van der Waals surface area contributed by atoms with E-state index in [1.54, 1.807) is 12.1 Å². The summed E-state index contributed by atoms with van der Waals surface area (Å²) in [6, 6.07) is 4.82. The van der Waals surface area contributed by atoms with E-state index in [1.165, 1.54) is 6.07 Å². The van der Waals surface area contributed by atoms with Crippen LogP contribution in [0.25, 0.3) is 0 Å². The summed E-state index contributed by atoms with van der Waals surface area (Å²) in [5, 5.41) is 0. The van der Waals surface area contributed by atoms with E-state index in [2.05, 4.69) is 0 Å². The first-order valence-electron chi connectivity index (χ1n) is 4.94. The molecule has 0 aliphatic heterocycles. The lowest BCUT2D eigenvalue weighted by molar-refractivity contribution is -0.117. The lowest BCUT2D eigenvalue weighted by atomic mass is 9.93. The van der Waals surface area contributed by atoms with Crippen LogP contribution in [0.4, 0.5) is 4.39 Å². The van der Waals surface area contributed by atoms with Crippen LogP contribution >= 0.6 is 0 Å². The molecule has 1 aliphatic rings. The minimum absolute atomic E-state index is 0.204. The predicted octanol–water partition coefficient (Wildman–Crippen LogP) is 2.97. The van der Waals surface area contributed by atoms with Gasteiger partial charge in [0.15, 0.2) is 0 Å². The zero-order valence-electron chi connectivity index (χ0n) is 8.22. The van der Waals surface area contributed by atoms with Gasteiger partial charge in [-0.15, -0.1) is 0 Å². The minimum Gasteiger partial charge on any atom is -0.300 e. The Bertz CT molecular complexity index is 371. The monoisotopic (exact) mass is 192 g/mol. The maximum Gasteiger partial charge on any atom is 0.133 e. The lowest BCUT2D eigenvalue weighted by Gasteiger charge is -2.11. The Balaban J connectivity index is 2.31.